The van der Waals surface area contributed by atoms with Gasteiger partial charge in [0, 0.05) is 19.2 Å². The lowest BCUT2D eigenvalue weighted by molar-refractivity contribution is 0.212. The molecule has 3 N–H and O–H groups in total. The second kappa shape index (κ2) is 4.73. The van der Waals surface area contributed by atoms with Gasteiger partial charge in [0.1, 0.15) is 11.5 Å². The Morgan fingerprint density at radius 1 is 1.16 bits per heavy atom. The average Bonchev–Trinajstić information content (AvgIpc) is 2.41. The van der Waals surface area contributed by atoms with Gasteiger partial charge in [-0.2, -0.15) is 0 Å². The quantitative estimate of drug-likeness (QED) is 0.681. The Kier molecular flexibility index (Phi) is 3.33. The minimum absolute atomic E-state index is 0.174. The van der Waals surface area contributed by atoms with Crippen molar-refractivity contribution in [2.24, 2.45) is 5.73 Å². The first-order valence-electron chi connectivity index (χ1n) is 5.72. The number of aliphatic hydroxyl groups is 1. The molecule has 0 fully saturated rings. The first kappa shape index (κ1) is 13.4. The summed E-state index contributed by atoms with van der Waals surface area (Å²) in [5.41, 5.74) is 7.13. The molecule has 1 heterocycles. The van der Waals surface area contributed by atoms with Crippen LogP contribution in [0.15, 0.2) is 40.9 Å². The van der Waals surface area contributed by atoms with E-state index in [1.807, 2.05) is 36.4 Å². The number of hydrogen-bond donors (Lipinski definition) is 2. The molecule has 1 aliphatic rings. The summed E-state index contributed by atoms with van der Waals surface area (Å²) in [7, 11) is 0. The van der Waals surface area contributed by atoms with Gasteiger partial charge in [-0.1, -0.05) is 15.9 Å². The van der Waals surface area contributed by atoms with E-state index in [2.05, 4.69) is 38.5 Å². The van der Waals surface area contributed by atoms with Gasteiger partial charge in [-0.15, -0.1) is 0 Å². The average molecular weight is 432 g/mol. The summed E-state index contributed by atoms with van der Waals surface area (Å²) in [4.78, 5) is 0. The molecule has 3 nitrogen and oxygen atoms in total. The van der Waals surface area contributed by atoms with Gasteiger partial charge in [0.15, 0.2) is 0 Å². The highest BCUT2D eigenvalue weighted by atomic mass is 127. The summed E-state index contributed by atoms with van der Waals surface area (Å²) in [5, 5.41) is 9.83. The van der Waals surface area contributed by atoms with Crippen molar-refractivity contribution in [3.05, 3.63) is 55.6 Å². The highest BCUT2D eigenvalue weighted by Crippen LogP contribution is 2.46. The molecule has 0 aliphatic carbocycles. The molecule has 0 unspecified atom stereocenters. The Morgan fingerprint density at radius 3 is 2.47 bits per heavy atom. The van der Waals surface area contributed by atoms with Crippen LogP contribution in [0.4, 0.5) is 0 Å². The molecule has 0 spiro atoms. The van der Waals surface area contributed by atoms with Crippen LogP contribution in [0.3, 0.4) is 0 Å². The van der Waals surface area contributed by atoms with Gasteiger partial charge in [0.2, 0.25) is 0 Å². The maximum Gasteiger partial charge on any atom is 0.133 e. The third kappa shape index (κ3) is 2.08. The van der Waals surface area contributed by atoms with Gasteiger partial charge in [-0.05, 0) is 59.0 Å². The molecule has 0 bridgehead atoms. The van der Waals surface area contributed by atoms with E-state index in [1.165, 1.54) is 0 Å². The van der Waals surface area contributed by atoms with E-state index in [9.17, 15) is 5.11 Å². The molecule has 0 amide bonds. The molecular formula is C14H11BrINO2. The number of rotatable bonds is 1. The minimum Gasteiger partial charge on any atom is -0.457 e. The highest BCUT2D eigenvalue weighted by molar-refractivity contribution is 14.1. The van der Waals surface area contributed by atoms with Crippen LogP contribution in [0, 0.1) is 3.57 Å². The summed E-state index contributed by atoms with van der Waals surface area (Å²) < 4.78 is 7.84. The standard InChI is InChI=1S/C14H11BrINO2/c15-8-1-3-12-10(5-8)14(17,7-18)11-6-9(16)2-4-13(11)19-12/h1-6,18H,7,17H2/t14-/m1/s1. The number of hydrogen-bond acceptors (Lipinski definition) is 3. The van der Waals surface area contributed by atoms with E-state index in [0.29, 0.717) is 11.5 Å². The summed E-state index contributed by atoms with van der Waals surface area (Å²) in [6.45, 7) is -0.174. The van der Waals surface area contributed by atoms with Crippen molar-refractivity contribution in [1.29, 1.82) is 0 Å². The molecule has 2 aromatic carbocycles. The fraction of sp³-hybridized carbons (Fsp3) is 0.143. The van der Waals surface area contributed by atoms with E-state index < -0.39 is 5.54 Å². The Bertz CT molecular complexity index is 608. The molecule has 98 valence electrons. The van der Waals surface area contributed by atoms with E-state index in [1.54, 1.807) is 0 Å². The number of fused-ring (bicyclic) bond motifs is 2. The summed E-state index contributed by atoms with van der Waals surface area (Å²) >= 11 is 5.65. The van der Waals surface area contributed by atoms with E-state index in [-0.39, 0.29) is 6.61 Å². The van der Waals surface area contributed by atoms with Crippen LogP contribution < -0.4 is 10.5 Å². The van der Waals surface area contributed by atoms with Gasteiger partial charge in [-0.3, -0.25) is 0 Å². The number of ether oxygens (including phenoxy) is 1. The highest BCUT2D eigenvalue weighted by Gasteiger charge is 2.38. The van der Waals surface area contributed by atoms with Crippen LogP contribution in [-0.2, 0) is 5.54 Å². The lowest BCUT2D eigenvalue weighted by atomic mass is 9.82. The molecule has 5 heteroatoms. The van der Waals surface area contributed by atoms with Crippen molar-refractivity contribution < 1.29 is 9.84 Å². The van der Waals surface area contributed by atoms with E-state index in [4.69, 9.17) is 10.5 Å². The smallest absolute Gasteiger partial charge is 0.133 e. The van der Waals surface area contributed by atoms with Crippen molar-refractivity contribution in [1.82, 2.24) is 0 Å². The third-order valence-electron chi connectivity index (χ3n) is 3.31. The maximum absolute atomic E-state index is 9.83. The summed E-state index contributed by atoms with van der Waals surface area (Å²) in [6, 6.07) is 11.5. The molecule has 0 saturated heterocycles. The number of aliphatic hydroxyl groups excluding tert-OH is 1. The van der Waals surface area contributed by atoms with Gasteiger partial charge in [0.25, 0.3) is 0 Å². The minimum atomic E-state index is -0.937. The molecule has 1 atom stereocenters. The largest absolute Gasteiger partial charge is 0.457 e. The first-order valence-corrected chi connectivity index (χ1v) is 7.59. The lowest BCUT2D eigenvalue weighted by Gasteiger charge is -2.36. The van der Waals surface area contributed by atoms with Crippen molar-refractivity contribution in [3.63, 3.8) is 0 Å². The van der Waals surface area contributed by atoms with Crippen molar-refractivity contribution >= 4 is 38.5 Å². The monoisotopic (exact) mass is 431 g/mol. The molecule has 3 rings (SSSR count). The molecule has 1 aliphatic heterocycles. The Labute approximate surface area is 133 Å². The summed E-state index contributed by atoms with van der Waals surface area (Å²) in [6.07, 6.45) is 0. The third-order valence-corrected chi connectivity index (χ3v) is 4.48. The van der Waals surface area contributed by atoms with Crippen LogP contribution in [-0.4, -0.2) is 11.7 Å². The van der Waals surface area contributed by atoms with E-state index >= 15 is 0 Å². The van der Waals surface area contributed by atoms with Gasteiger partial charge in [-0.25, -0.2) is 0 Å². The van der Waals surface area contributed by atoms with Crippen molar-refractivity contribution in [2.75, 3.05) is 6.61 Å². The molecule has 2 aromatic rings. The molecular weight excluding hydrogens is 421 g/mol. The summed E-state index contributed by atoms with van der Waals surface area (Å²) in [5.74, 6) is 1.39. The molecule has 0 aromatic heterocycles. The first-order chi connectivity index (χ1) is 9.04. The second-order valence-corrected chi connectivity index (χ2v) is 6.67. The van der Waals surface area contributed by atoms with Crippen LogP contribution >= 0.6 is 38.5 Å². The SMILES string of the molecule is N[C@]1(CO)c2cc(Br)ccc2Oc2ccc(I)cc21. The fourth-order valence-corrected chi connectivity index (χ4v) is 3.17. The van der Waals surface area contributed by atoms with Crippen LogP contribution in [0.2, 0.25) is 0 Å². The maximum atomic E-state index is 9.83. The van der Waals surface area contributed by atoms with Crippen LogP contribution in [0.25, 0.3) is 0 Å². The number of halogens is 2. The van der Waals surface area contributed by atoms with Gasteiger partial charge in [0.05, 0.1) is 12.1 Å². The van der Waals surface area contributed by atoms with Gasteiger partial charge >= 0.3 is 0 Å². The Morgan fingerprint density at radius 2 is 1.79 bits per heavy atom. The van der Waals surface area contributed by atoms with Crippen LogP contribution in [0.1, 0.15) is 11.1 Å². The predicted molar refractivity (Wildman–Crippen MR) is 85.4 cm³/mol. The molecule has 0 radical (unpaired) electrons. The lowest BCUT2D eigenvalue weighted by Crippen LogP contribution is -2.44. The number of benzene rings is 2. The second-order valence-electron chi connectivity index (χ2n) is 4.51. The Balaban J connectivity index is 2.29. The molecule has 0 saturated carbocycles. The van der Waals surface area contributed by atoms with Gasteiger partial charge < -0.3 is 15.6 Å². The normalized spacial score (nSPS) is 20.4. The van der Waals surface area contributed by atoms with Crippen molar-refractivity contribution in [3.8, 4) is 11.5 Å². The Hall–Kier alpha value is -0.630. The van der Waals surface area contributed by atoms with E-state index in [0.717, 1.165) is 19.2 Å². The predicted octanol–water partition coefficient (Wildman–Crippen LogP) is 3.35. The zero-order chi connectivity index (χ0) is 13.6. The zero-order valence-electron chi connectivity index (χ0n) is 9.86. The number of nitrogens with two attached hydrogens (primary N) is 1. The molecule has 19 heavy (non-hydrogen) atoms. The van der Waals surface area contributed by atoms with Crippen LogP contribution in [0.5, 0.6) is 11.5 Å². The topological polar surface area (TPSA) is 55.5 Å². The zero-order valence-corrected chi connectivity index (χ0v) is 13.6. The fourth-order valence-electron chi connectivity index (χ4n) is 2.31. The van der Waals surface area contributed by atoms with Crippen molar-refractivity contribution in [2.45, 2.75) is 5.54 Å².